The summed E-state index contributed by atoms with van der Waals surface area (Å²) in [6.45, 7) is 4.52. The number of allylic oxidation sites excluding steroid dienone is 1. The summed E-state index contributed by atoms with van der Waals surface area (Å²) in [6.07, 6.45) is 22.0. The first kappa shape index (κ1) is 30.4. The predicted octanol–water partition coefficient (Wildman–Crippen LogP) is 6.21. The zero-order valence-corrected chi connectivity index (χ0v) is 19.9. The van der Waals surface area contributed by atoms with E-state index in [1.54, 1.807) is 0 Å². The van der Waals surface area contributed by atoms with Gasteiger partial charge in [0.1, 0.15) is 0 Å². The first-order valence-electron chi connectivity index (χ1n) is 11.0. The van der Waals surface area contributed by atoms with E-state index in [9.17, 15) is 0 Å². The molecule has 170 valence electrons. The van der Waals surface area contributed by atoms with Gasteiger partial charge >= 0.3 is 7.82 Å². The molecule has 0 aliphatic carbocycles. The maximum absolute atomic E-state index is 9.07. The van der Waals surface area contributed by atoms with Crippen molar-refractivity contribution >= 4 is 19.6 Å². The fourth-order valence-electron chi connectivity index (χ4n) is 2.82. The van der Waals surface area contributed by atoms with Gasteiger partial charge in [0.25, 0.3) is 0 Å². The van der Waals surface area contributed by atoms with Gasteiger partial charge in [-0.25, -0.2) is 4.57 Å². The van der Waals surface area contributed by atoms with Crippen molar-refractivity contribution in [1.82, 2.24) is 0 Å². The molecule has 0 rings (SSSR count). The fraction of sp³-hybridized carbons (Fsp3) is 0.905. The molecule has 7 heteroatoms. The van der Waals surface area contributed by atoms with E-state index in [4.69, 9.17) is 24.4 Å². The molecule has 5 nitrogen and oxygen atoms in total. The Balaban J connectivity index is 0. The Labute approximate surface area is 177 Å². The third-order valence-corrected chi connectivity index (χ3v) is 5.69. The van der Waals surface area contributed by atoms with Gasteiger partial charge in [0.2, 0.25) is 0 Å². The van der Waals surface area contributed by atoms with Crippen molar-refractivity contribution in [3.8, 4) is 0 Å². The minimum atomic E-state index is -4.64. The SMILES string of the molecule is CC=C(CO)CSCCCCCCCCCCCCCCCC.O=P(O)(O)O. The molecule has 0 aliphatic heterocycles. The molecule has 0 heterocycles. The van der Waals surface area contributed by atoms with Crippen LogP contribution in [-0.4, -0.2) is 37.9 Å². The van der Waals surface area contributed by atoms with E-state index in [-0.39, 0.29) is 6.61 Å². The summed E-state index contributed by atoms with van der Waals surface area (Å²) in [7, 11) is -4.64. The Morgan fingerprint density at radius 2 is 1.14 bits per heavy atom. The van der Waals surface area contributed by atoms with Crippen LogP contribution in [0.2, 0.25) is 0 Å². The molecule has 0 spiro atoms. The number of hydrogen-bond donors (Lipinski definition) is 4. The summed E-state index contributed by atoms with van der Waals surface area (Å²) >= 11 is 1.97. The van der Waals surface area contributed by atoms with Crippen molar-refractivity contribution in [2.45, 2.75) is 104 Å². The van der Waals surface area contributed by atoms with Crippen molar-refractivity contribution in [3.63, 3.8) is 0 Å². The van der Waals surface area contributed by atoms with Crippen LogP contribution in [0.15, 0.2) is 11.6 Å². The van der Waals surface area contributed by atoms with Gasteiger partial charge in [-0.2, -0.15) is 11.8 Å². The van der Waals surface area contributed by atoms with Crippen molar-refractivity contribution in [3.05, 3.63) is 11.6 Å². The summed E-state index contributed by atoms with van der Waals surface area (Å²) in [6, 6.07) is 0. The second-order valence-corrected chi connectivity index (χ2v) is 9.40. The summed E-state index contributed by atoms with van der Waals surface area (Å²) in [5.41, 5.74) is 1.17. The molecule has 0 radical (unpaired) electrons. The molecule has 0 atom stereocenters. The van der Waals surface area contributed by atoms with Crippen LogP contribution in [0.3, 0.4) is 0 Å². The fourth-order valence-corrected chi connectivity index (χ4v) is 3.89. The average Bonchev–Trinajstić information content (AvgIpc) is 2.63. The lowest BCUT2D eigenvalue weighted by molar-refractivity contribution is 0.275. The molecular formula is C21H45O5PS. The maximum atomic E-state index is 9.07. The van der Waals surface area contributed by atoms with Gasteiger partial charge in [-0.1, -0.05) is 96.5 Å². The lowest BCUT2D eigenvalue weighted by atomic mass is 10.0. The van der Waals surface area contributed by atoms with Crippen LogP contribution in [0.4, 0.5) is 0 Å². The minimum absolute atomic E-state index is 0.224. The highest BCUT2D eigenvalue weighted by Gasteiger charge is 2.00. The first-order valence-corrected chi connectivity index (χ1v) is 13.7. The summed E-state index contributed by atoms with van der Waals surface area (Å²) in [5, 5.41) is 9.07. The molecule has 0 saturated carbocycles. The molecular weight excluding hydrogens is 395 g/mol. The van der Waals surface area contributed by atoms with E-state index in [0.717, 1.165) is 5.75 Å². The maximum Gasteiger partial charge on any atom is 0.466 e. The van der Waals surface area contributed by atoms with E-state index in [1.165, 1.54) is 101 Å². The minimum Gasteiger partial charge on any atom is -0.392 e. The van der Waals surface area contributed by atoms with E-state index in [0.29, 0.717) is 0 Å². The Bertz CT molecular complexity index is 377. The Morgan fingerprint density at radius 3 is 1.46 bits per heavy atom. The first-order chi connectivity index (χ1) is 13.3. The average molecular weight is 441 g/mol. The van der Waals surface area contributed by atoms with Gasteiger partial charge in [-0.3, -0.25) is 0 Å². The molecule has 0 aliphatic rings. The quantitative estimate of drug-likeness (QED) is 0.115. The van der Waals surface area contributed by atoms with Crippen molar-refractivity contribution < 1.29 is 24.4 Å². The van der Waals surface area contributed by atoms with Crippen LogP contribution in [0.5, 0.6) is 0 Å². The number of aliphatic hydroxyl groups is 1. The van der Waals surface area contributed by atoms with Gasteiger partial charge in [-0.15, -0.1) is 0 Å². The van der Waals surface area contributed by atoms with Crippen molar-refractivity contribution in [2.24, 2.45) is 0 Å². The molecule has 0 amide bonds. The Kier molecular flexibility index (Phi) is 25.4. The van der Waals surface area contributed by atoms with Crippen molar-refractivity contribution in [2.75, 3.05) is 18.1 Å². The highest BCUT2D eigenvalue weighted by Crippen LogP contribution is 2.25. The predicted molar refractivity (Wildman–Crippen MR) is 123 cm³/mol. The molecule has 0 fully saturated rings. The van der Waals surface area contributed by atoms with Crippen LogP contribution in [0, 0.1) is 0 Å². The zero-order valence-electron chi connectivity index (χ0n) is 18.2. The van der Waals surface area contributed by atoms with Crippen LogP contribution >= 0.6 is 19.6 Å². The molecule has 0 aromatic rings. The van der Waals surface area contributed by atoms with Gasteiger partial charge in [0, 0.05) is 5.75 Å². The molecule has 0 unspecified atom stereocenters. The Morgan fingerprint density at radius 1 is 0.786 bits per heavy atom. The lowest BCUT2D eigenvalue weighted by Crippen LogP contribution is -1.94. The van der Waals surface area contributed by atoms with Crippen LogP contribution < -0.4 is 0 Å². The van der Waals surface area contributed by atoms with E-state index in [1.807, 2.05) is 24.8 Å². The summed E-state index contributed by atoms with van der Waals surface area (Å²) in [4.78, 5) is 21.6. The van der Waals surface area contributed by atoms with Crippen molar-refractivity contribution in [1.29, 1.82) is 0 Å². The largest absolute Gasteiger partial charge is 0.466 e. The summed E-state index contributed by atoms with van der Waals surface area (Å²) < 4.78 is 8.88. The number of phosphoric acid groups is 1. The second-order valence-electron chi connectivity index (χ2n) is 7.27. The number of rotatable bonds is 18. The van der Waals surface area contributed by atoms with Crippen LogP contribution in [-0.2, 0) is 4.57 Å². The monoisotopic (exact) mass is 440 g/mol. The Hall–Kier alpha value is 0.160. The highest BCUT2D eigenvalue weighted by molar-refractivity contribution is 7.99. The van der Waals surface area contributed by atoms with Crippen LogP contribution in [0.1, 0.15) is 104 Å². The number of hydrogen-bond acceptors (Lipinski definition) is 3. The van der Waals surface area contributed by atoms with E-state index < -0.39 is 7.82 Å². The van der Waals surface area contributed by atoms with Gasteiger partial charge in [0.05, 0.1) is 6.61 Å². The third-order valence-electron chi connectivity index (χ3n) is 4.54. The van der Waals surface area contributed by atoms with Gasteiger partial charge in [-0.05, 0) is 24.7 Å². The summed E-state index contributed by atoms with van der Waals surface area (Å²) in [5.74, 6) is 2.25. The molecule has 28 heavy (non-hydrogen) atoms. The molecule has 0 saturated heterocycles. The molecule has 0 aromatic heterocycles. The number of thioether (sulfide) groups is 1. The normalized spacial score (nSPS) is 12.0. The molecule has 0 aromatic carbocycles. The second kappa shape index (κ2) is 23.4. The van der Waals surface area contributed by atoms with E-state index >= 15 is 0 Å². The standard InChI is InChI=1S/C21H42OS.H3O4P/c1-3-5-6-7-8-9-10-11-12-13-14-15-16-17-18-23-20-21(4-2)19-22;1-5(2,3)4/h4,22H,3,5-20H2,1-2H3;(H3,1,2,3,4). The lowest BCUT2D eigenvalue weighted by Gasteiger charge is -2.04. The highest BCUT2D eigenvalue weighted by atomic mass is 32.2. The topological polar surface area (TPSA) is 98.0 Å². The number of unbranched alkanes of at least 4 members (excludes halogenated alkanes) is 13. The smallest absolute Gasteiger partial charge is 0.392 e. The van der Waals surface area contributed by atoms with Gasteiger partial charge in [0.15, 0.2) is 0 Å². The number of aliphatic hydroxyl groups excluding tert-OH is 1. The molecule has 4 N–H and O–H groups in total. The molecule has 0 bridgehead atoms. The zero-order chi connectivity index (χ0) is 21.5. The third kappa shape index (κ3) is 33.7. The van der Waals surface area contributed by atoms with Crippen LogP contribution in [0.25, 0.3) is 0 Å². The van der Waals surface area contributed by atoms with E-state index in [2.05, 4.69) is 6.92 Å². The van der Waals surface area contributed by atoms with Gasteiger partial charge < -0.3 is 19.8 Å².